The van der Waals surface area contributed by atoms with Crippen molar-refractivity contribution < 1.29 is 4.74 Å². The topological polar surface area (TPSA) is 9.23 Å². The Balaban J connectivity index is 1.38. The van der Waals surface area contributed by atoms with Crippen LogP contribution in [-0.2, 0) is 13.0 Å². The summed E-state index contributed by atoms with van der Waals surface area (Å²) in [6, 6.07) is 31.1. The van der Waals surface area contributed by atoms with Crippen molar-refractivity contribution in [1.29, 1.82) is 0 Å². The van der Waals surface area contributed by atoms with E-state index in [9.17, 15) is 0 Å². The quantitative estimate of drug-likeness (QED) is 0.258. The molecule has 4 aromatic rings. The Morgan fingerprint density at radius 3 is 1.67 bits per heavy atom. The molecule has 0 fully saturated rings. The zero-order valence-electron chi connectivity index (χ0n) is 23.0. The van der Waals surface area contributed by atoms with Crippen LogP contribution in [0.5, 0.6) is 5.75 Å². The van der Waals surface area contributed by atoms with E-state index in [1.165, 1.54) is 50.1 Å². The monoisotopic (exact) mass is 476 g/mol. The highest BCUT2D eigenvalue weighted by Gasteiger charge is 2.13. The number of rotatable bonds is 7. The fourth-order valence-electron chi connectivity index (χ4n) is 4.71. The Hall–Kier alpha value is -3.32. The van der Waals surface area contributed by atoms with E-state index >= 15 is 0 Å². The highest BCUT2D eigenvalue weighted by atomic mass is 16.5. The summed E-state index contributed by atoms with van der Waals surface area (Å²) < 4.78 is 6.21. The van der Waals surface area contributed by atoms with Crippen LogP contribution in [0.1, 0.15) is 72.6 Å². The lowest BCUT2D eigenvalue weighted by Gasteiger charge is -2.18. The lowest BCUT2D eigenvalue weighted by molar-refractivity contribution is 0.304. The Labute approximate surface area is 218 Å². The molecule has 36 heavy (non-hydrogen) atoms. The third-order valence-electron chi connectivity index (χ3n) is 7.10. The molecule has 1 unspecified atom stereocenters. The van der Waals surface area contributed by atoms with Crippen LogP contribution < -0.4 is 4.74 Å². The van der Waals surface area contributed by atoms with Gasteiger partial charge in [0.25, 0.3) is 0 Å². The summed E-state index contributed by atoms with van der Waals surface area (Å²) in [5, 5.41) is 0. The smallest absolute Gasteiger partial charge is 0.122 e. The number of ether oxygens (including phenoxy) is 1. The molecule has 0 aromatic heterocycles. The number of benzene rings is 4. The Morgan fingerprint density at radius 1 is 0.611 bits per heavy atom. The van der Waals surface area contributed by atoms with Crippen LogP contribution in [0.3, 0.4) is 0 Å². The molecule has 1 atom stereocenters. The average Bonchev–Trinajstić information content (AvgIpc) is 2.84. The highest BCUT2D eigenvalue weighted by Crippen LogP contribution is 2.30. The van der Waals surface area contributed by atoms with Crippen LogP contribution in [0, 0.1) is 26.2 Å². The Morgan fingerprint density at radius 2 is 1.14 bits per heavy atom. The molecule has 0 spiro atoms. The molecule has 0 aliphatic heterocycles. The SMILES string of the molecule is Cc1ccc(C(C)c2ccc(OCc3ccc(-c4ccc(CC(C)(C)C)cc4)cc3)c(C)c2)cc1C. The molecular weight excluding hydrogens is 436 g/mol. The zero-order chi connectivity index (χ0) is 25.9. The fraction of sp³-hybridized carbons (Fsp3) is 0.314. The molecule has 1 nitrogen and oxygen atoms in total. The molecule has 4 aromatic carbocycles. The predicted molar refractivity (Wildman–Crippen MR) is 154 cm³/mol. The lowest BCUT2D eigenvalue weighted by atomic mass is 9.87. The van der Waals surface area contributed by atoms with Gasteiger partial charge in [-0.1, -0.05) is 107 Å². The predicted octanol–water partition coefficient (Wildman–Crippen LogP) is 9.60. The summed E-state index contributed by atoms with van der Waals surface area (Å²) in [6.45, 7) is 16.2. The molecule has 0 N–H and O–H groups in total. The first kappa shape index (κ1) is 25.8. The normalized spacial score (nSPS) is 12.4. The first-order valence-corrected chi connectivity index (χ1v) is 13.1. The average molecular weight is 477 g/mol. The first-order chi connectivity index (χ1) is 17.1. The van der Waals surface area contributed by atoms with Gasteiger partial charge in [0.15, 0.2) is 0 Å². The van der Waals surface area contributed by atoms with E-state index in [1.807, 2.05) is 0 Å². The van der Waals surface area contributed by atoms with Crippen molar-refractivity contribution in [3.63, 3.8) is 0 Å². The van der Waals surface area contributed by atoms with Crippen LogP contribution in [0.4, 0.5) is 0 Å². The van der Waals surface area contributed by atoms with E-state index < -0.39 is 0 Å². The molecule has 4 rings (SSSR count). The lowest BCUT2D eigenvalue weighted by Crippen LogP contribution is -2.08. The molecule has 0 saturated carbocycles. The Bertz CT molecular complexity index is 1300. The van der Waals surface area contributed by atoms with E-state index in [0.717, 1.165) is 12.2 Å². The minimum absolute atomic E-state index is 0.306. The van der Waals surface area contributed by atoms with Crippen molar-refractivity contribution in [3.05, 3.63) is 124 Å². The third kappa shape index (κ3) is 6.46. The molecule has 0 aliphatic rings. The van der Waals surface area contributed by atoms with Gasteiger partial charge in [-0.05, 0) is 88.7 Å². The van der Waals surface area contributed by atoms with Crippen LogP contribution in [0.2, 0.25) is 0 Å². The summed E-state index contributed by atoms with van der Waals surface area (Å²) >= 11 is 0. The van der Waals surface area contributed by atoms with Gasteiger partial charge in [0.1, 0.15) is 12.4 Å². The van der Waals surface area contributed by atoms with Crippen LogP contribution >= 0.6 is 0 Å². The van der Waals surface area contributed by atoms with Crippen molar-refractivity contribution in [3.8, 4) is 16.9 Å². The molecule has 0 heterocycles. The van der Waals surface area contributed by atoms with Gasteiger partial charge < -0.3 is 4.74 Å². The minimum Gasteiger partial charge on any atom is -0.489 e. The van der Waals surface area contributed by atoms with Gasteiger partial charge in [-0.15, -0.1) is 0 Å². The summed E-state index contributed by atoms with van der Waals surface area (Å²) in [5.41, 5.74) is 11.9. The molecular formula is C35H40O. The van der Waals surface area contributed by atoms with E-state index in [2.05, 4.69) is 133 Å². The summed E-state index contributed by atoms with van der Waals surface area (Å²) in [5.74, 6) is 1.30. The third-order valence-corrected chi connectivity index (χ3v) is 7.10. The van der Waals surface area contributed by atoms with Gasteiger partial charge in [-0.2, -0.15) is 0 Å². The maximum atomic E-state index is 6.21. The maximum absolute atomic E-state index is 6.21. The van der Waals surface area contributed by atoms with Crippen molar-refractivity contribution in [2.75, 3.05) is 0 Å². The van der Waals surface area contributed by atoms with Crippen molar-refractivity contribution >= 4 is 0 Å². The fourth-order valence-corrected chi connectivity index (χ4v) is 4.71. The summed E-state index contributed by atoms with van der Waals surface area (Å²) in [4.78, 5) is 0. The minimum atomic E-state index is 0.306. The maximum Gasteiger partial charge on any atom is 0.122 e. The van der Waals surface area contributed by atoms with Gasteiger partial charge in [0, 0.05) is 5.92 Å². The summed E-state index contributed by atoms with van der Waals surface area (Å²) in [7, 11) is 0. The molecule has 0 radical (unpaired) electrons. The van der Waals surface area contributed by atoms with Gasteiger partial charge in [0.2, 0.25) is 0 Å². The summed E-state index contributed by atoms with van der Waals surface area (Å²) in [6.07, 6.45) is 1.09. The second-order valence-corrected chi connectivity index (χ2v) is 11.5. The molecule has 0 amide bonds. The van der Waals surface area contributed by atoms with Gasteiger partial charge in [0.05, 0.1) is 0 Å². The van der Waals surface area contributed by atoms with Crippen molar-refractivity contribution in [1.82, 2.24) is 0 Å². The van der Waals surface area contributed by atoms with E-state index in [1.54, 1.807) is 0 Å². The standard InChI is InChI=1S/C35H40O/c1-24-8-13-32(20-25(24)2)27(4)33-18-19-34(26(3)21-33)36-23-29-11-16-31(17-12-29)30-14-9-28(10-15-30)22-35(5,6)7/h8-21,27H,22-23H2,1-7H3. The van der Waals surface area contributed by atoms with Crippen molar-refractivity contribution in [2.45, 2.75) is 67.4 Å². The first-order valence-electron chi connectivity index (χ1n) is 13.1. The highest BCUT2D eigenvalue weighted by molar-refractivity contribution is 5.64. The molecule has 0 aliphatic carbocycles. The van der Waals surface area contributed by atoms with E-state index in [4.69, 9.17) is 4.74 Å². The molecule has 1 heteroatoms. The largest absolute Gasteiger partial charge is 0.489 e. The number of hydrogen-bond acceptors (Lipinski definition) is 1. The second kappa shape index (κ2) is 10.7. The van der Waals surface area contributed by atoms with Crippen LogP contribution in [0.25, 0.3) is 11.1 Å². The van der Waals surface area contributed by atoms with E-state index in [-0.39, 0.29) is 0 Å². The van der Waals surface area contributed by atoms with E-state index in [0.29, 0.717) is 17.9 Å². The number of aryl methyl sites for hydroxylation is 3. The van der Waals surface area contributed by atoms with Gasteiger partial charge in [-0.3, -0.25) is 0 Å². The van der Waals surface area contributed by atoms with Crippen LogP contribution in [0.15, 0.2) is 84.9 Å². The van der Waals surface area contributed by atoms with Crippen LogP contribution in [-0.4, -0.2) is 0 Å². The molecule has 0 bridgehead atoms. The molecule has 186 valence electrons. The second-order valence-electron chi connectivity index (χ2n) is 11.5. The molecule has 0 saturated heterocycles. The zero-order valence-corrected chi connectivity index (χ0v) is 23.0. The Kier molecular flexibility index (Phi) is 7.69. The van der Waals surface area contributed by atoms with Gasteiger partial charge in [-0.25, -0.2) is 0 Å². The van der Waals surface area contributed by atoms with Gasteiger partial charge >= 0.3 is 0 Å². The number of hydrogen-bond donors (Lipinski definition) is 0. The van der Waals surface area contributed by atoms with Crippen molar-refractivity contribution in [2.24, 2.45) is 5.41 Å².